The number of nitrogens with zero attached hydrogens (tertiary/aromatic N) is 2. The summed E-state index contributed by atoms with van der Waals surface area (Å²) < 4.78 is 1.88. The zero-order chi connectivity index (χ0) is 18.6. The van der Waals surface area contributed by atoms with E-state index in [2.05, 4.69) is 43.3 Å². The fourth-order valence-corrected chi connectivity index (χ4v) is 5.19. The molecule has 0 spiro atoms. The van der Waals surface area contributed by atoms with Gasteiger partial charge in [-0.15, -0.1) is 11.8 Å². The van der Waals surface area contributed by atoms with Gasteiger partial charge in [-0.05, 0) is 24.5 Å². The van der Waals surface area contributed by atoms with Gasteiger partial charge < -0.3 is 0 Å². The van der Waals surface area contributed by atoms with Crippen LogP contribution in [0.5, 0.6) is 0 Å². The van der Waals surface area contributed by atoms with Gasteiger partial charge in [-0.1, -0.05) is 71.9 Å². The smallest absolute Gasteiger partial charge is 0.268 e. The molecule has 3 aromatic rings. The quantitative estimate of drug-likeness (QED) is 0.447. The van der Waals surface area contributed by atoms with E-state index in [4.69, 9.17) is 4.98 Å². The summed E-state index contributed by atoms with van der Waals surface area (Å²) in [5.74, 6) is 1.78. The normalized spacial score (nSPS) is 12.9. The van der Waals surface area contributed by atoms with Gasteiger partial charge in [0.25, 0.3) is 5.56 Å². The Balaban J connectivity index is 1.59. The molecule has 0 atom stereocenters. The first-order chi connectivity index (χ1) is 13.2. The van der Waals surface area contributed by atoms with Crippen LogP contribution in [0.3, 0.4) is 0 Å². The summed E-state index contributed by atoms with van der Waals surface area (Å²) in [4.78, 5) is 18.8. The van der Waals surface area contributed by atoms with E-state index in [1.54, 1.807) is 23.5 Å². The van der Waals surface area contributed by atoms with Crippen LogP contribution in [0.1, 0.15) is 22.4 Å². The van der Waals surface area contributed by atoms with Crippen molar-refractivity contribution in [2.75, 3.05) is 5.75 Å². The number of aryl methyl sites for hydroxylation is 3. The highest BCUT2D eigenvalue weighted by molar-refractivity contribution is 7.99. The lowest BCUT2D eigenvalue weighted by molar-refractivity contribution is 0.565. The maximum absolute atomic E-state index is 13.0. The lowest BCUT2D eigenvalue weighted by atomic mass is 10.1. The van der Waals surface area contributed by atoms with Crippen LogP contribution in [-0.4, -0.2) is 15.3 Å². The van der Waals surface area contributed by atoms with Crippen LogP contribution < -0.4 is 5.56 Å². The molecule has 0 fully saturated rings. The zero-order valence-electron chi connectivity index (χ0n) is 15.4. The fraction of sp³-hybridized carbons (Fsp3) is 0.273. The molecule has 1 aliphatic rings. The molecule has 138 valence electrons. The first-order valence-corrected chi connectivity index (χ1v) is 11.2. The van der Waals surface area contributed by atoms with Crippen molar-refractivity contribution in [3.05, 3.63) is 87.3 Å². The number of hydrogen-bond acceptors (Lipinski definition) is 4. The van der Waals surface area contributed by atoms with Gasteiger partial charge in [0.1, 0.15) is 0 Å². The first kappa shape index (κ1) is 18.4. The Morgan fingerprint density at radius 2 is 1.85 bits per heavy atom. The van der Waals surface area contributed by atoms with Crippen molar-refractivity contribution >= 4 is 23.5 Å². The summed E-state index contributed by atoms with van der Waals surface area (Å²) in [7, 11) is 0. The van der Waals surface area contributed by atoms with Crippen molar-refractivity contribution in [2.45, 2.75) is 42.1 Å². The van der Waals surface area contributed by atoms with Crippen LogP contribution in [0.2, 0.25) is 0 Å². The largest absolute Gasteiger partial charge is 0.286 e. The second-order valence-electron chi connectivity index (χ2n) is 6.74. The van der Waals surface area contributed by atoms with Crippen molar-refractivity contribution in [2.24, 2.45) is 0 Å². The maximum atomic E-state index is 13.0. The van der Waals surface area contributed by atoms with Crippen LogP contribution in [-0.2, 0) is 25.1 Å². The second-order valence-corrected chi connectivity index (χ2v) is 8.78. The van der Waals surface area contributed by atoms with Crippen molar-refractivity contribution in [1.29, 1.82) is 0 Å². The van der Waals surface area contributed by atoms with Gasteiger partial charge in [0.15, 0.2) is 5.16 Å². The summed E-state index contributed by atoms with van der Waals surface area (Å²) in [6, 6.07) is 18.9. The molecule has 0 unspecified atom stereocenters. The van der Waals surface area contributed by atoms with E-state index in [-0.39, 0.29) is 5.56 Å². The molecule has 3 nitrogen and oxygen atoms in total. The van der Waals surface area contributed by atoms with Crippen LogP contribution in [0.25, 0.3) is 0 Å². The molecule has 0 aliphatic carbocycles. The molecular formula is C22H22N2OS2. The standard InChI is InChI=1S/C22H22N2OS2/c1-16-7-9-18(10-8-16)15-27-22-23-19-12-14-26-20(19)21(25)24(22)13-11-17-5-3-2-4-6-17/h2-10H,11-15H2,1H3. The van der Waals surface area contributed by atoms with E-state index in [0.717, 1.165) is 40.1 Å². The van der Waals surface area contributed by atoms with E-state index in [1.807, 2.05) is 22.8 Å². The second kappa shape index (κ2) is 8.36. The van der Waals surface area contributed by atoms with E-state index in [0.29, 0.717) is 6.54 Å². The average molecular weight is 395 g/mol. The van der Waals surface area contributed by atoms with Crippen LogP contribution in [0, 0.1) is 6.92 Å². The van der Waals surface area contributed by atoms with Gasteiger partial charge in [0.05, 0.1) is 10.6 Å². The Bertz CT molecular complexity index is 982. The maximum Gasteiger partial charge on any atom is 0.268 e. The van der Waals surface area contributed by atoms with E-state index in [1.165, 1.54) is 16.7 Å². The summed E-state index contributed by atoms with van der Waals surface area (Å²) in [6.45, 7) is 2.76. The topological polar surface area (TPSA) is 34.9 Å². The molecule has 1 aliphatic heterocycles. The lowest BCUT2D eigenvalue weighted by Crippen LogP contribution is -2.26. The third-order valence-corrected chi connectivity index (χ3v) is 6.86. The van der Waals surface area contributed by atoms with E-state index < -0.39 is 0 Å². The fourth-order valence-electron chi connectivity index (χ4n) is 3.15. The number of benzene rings is 2. The summed E-state index contributed by atoms with van der Waals surface area (Å²) in [5, 5.41) is 0.845. The SMILES string of the molecule is Cc1ccc(CSc2nc3c(c(=O)n2CCc2ccccc2)SCC3)cc1. The molecule has 2 heterocycles. The van der Waals surface area contributed by atoms with Crippen molar-refractivity contribution < 1.29 is 0 Å². The van der Waals surface area contributed by atoms with Gasteiger partial charge in [-0.25, -0.2) is 4.98 Å². The van der Waals surface area contributed by atoms with Gasteiger partial charge >= 0.3 is 0 Å². The predicted molar refractivity (Wildman–Crippen MR) is 114 cm³/mol. The van der Waals surface area contributed by atoms with Gasteiger partial charge in [0, 0.05) is 24.5 Å². The predicted octanol–water partition coefficient (Wildman–Crippen LogP) is 4.73. The molecule has 4 rings (SSSR count). The minimum absolute atomic E-state index is 0.129. The van der Waals surface area contributed by atoms with Crippen LogP contribution in [0.4, 0.5) is 0 Å². The highest BCUT2D eigenvalue weighted by atomic mass is 32.2. The molecule has 0 amide bonds. The highest BCUT2D eigenvalue weighted by Crippen LogP contribution is 2.29. The van der Waals surface area contributed by atoms with Gasteiger partial charge in [-0.3, -0.25) is 9.36 Å². The molecule has 0 bridgehead atoms. The molecule has 2 aromatic carbocycles. The number of hydrogen-bond donors (Lipinski definition) is 0. The number of aromatic nitrogens is 2. The first-order valence-electron chi connectivity index (χ1n) is 9.19. The van der Waals surface area contributed by atoms with Gasteiger partial charge in [-0.2, -0.15) is 0 Å². The minimum Gasteiger partial charge on any atom is -0.286 e. The number of rotatable bonds is 6. The van der Waals surface area contributed by atoms with Crippen LogP contribution >= 0.6 is 23.5 Å². The summed E-state index contributed by atoms with van der Waals surface area (Å²) in [6.07, 6.45) is 1.73. The summed E-state index contributed by atoms with van der Waals surface area (Å²) in [5.41, 5.74) is 4.87. The zero-order valence-corrected chi connectivity index (χ0v) is 17.0. The Morgan fingerprint density at radius 3 is 2.63 bits per heavy atom. The average Bonchev–Trinajstić information content (AvgIpc) is 3.17. The number of thioether (sulfide) groups is 2. The molecule has 27 heavy (non-hydrogen) atoms. The van der Waals surface area contributed by atoms with Crippen molar-refractivity contribution in [1.82, 2.24) is 9.55 Å². The highest BCUT2D eigenvalue weighted by Gasteiger charge is 2.21. The molecule has 0 radical (unpaired) electrons. The molecule has 0 N–H and O–H groups in total. The number of fused-ring (bicyclic) bond motifs is 1. The Morgan fingerprint density at radius 1 is 1.07 bits per heavy atom. The van der Waals surface area contributed by atoms with Gasteiger partial charge in [0.2, 0.25) is 0 Å². The van der Waals surface area contributed by atoms with E-state index >= 15 is 0 Å². The van der Waals surface area contributed by atoms with E-state index in [9.17, 15) is 4.79 Å². The molecular weight excluding hydrogens is 372 g/mol. The van der Waals surface area contributed by atoms with Crippen molar-refractivity contribution in [3.8, 4) is 0 Å². The third kappa shape index (κ3) is 4.30. The Hall–Kier alpha value is -1.98. The minimum atomic E-state index is 0.129. The summed E-state index contributed by atoms with van der Waals surface area (Å²) >= 11 is 3.31. The Kier molecular flexibility index (Phi) is 5.69. The molecule has 0 saturated heterocycles. The Labute approximate surface area is 168 Å². The molecule has 0 saturated carbocycles. The monoisotopic (exact) mass is 394 g/mol. The van der Waals surface area contributed by atoms with Crippen LogP contribution in [0.15, 0.2) is 69.4 Å². The lowest BCUT2D eigenvalue weighted by Gasteiger charge is -2.14. The molecule has 1 aromatic heterocycles. The third-order valence-electron chi connectivity index (χ3n) is 4.70. The van der Waals surface area contributed by atoms with Crippen molar-refractivity contribution in [3.63, 3.8) is 0 Å². The molecule has 5 heteroatoms.